The van der Waals surface area contributed by atoms with Crippen LogP contribution in [0.3, 0.4) is 0 Å². The van der Waals surface area contributed by atoms with Crippen LogP contribution in [0.25, 0.3) is 0 Å². The van der Waals surface area contributed by atoms with Crippen LogP contribution in [0.2, 0.25) is 0 Å². The highest BCUT2D eigenvalue weighted by Crippen LogP contribution is 2.35. The van der Waals surface area contributed by atoms with Gasteiger partial charge in [-0.3, -0.25) is 0 Å². The summed E-state index contributed by atoms with van der Waals surface area (Å²) in [7, 11) is 0.425. The number of nitrogen functional groups attached to an aromatic ring is 1. The Morgan fingerprint density at radius 3 is 2.41 bits per heavy atom. The van der Waals surface area contributed by atoms with Gasteiger partial charge >= 0.3 is 6.36 Å². The highest BCUT2D eigenvalue weighted by molar-refractivity contribution is 9.10. The lowest BCUT2D eigenvalue weighted by Crippen LogP contribution is -2.20. The van der Waals surface area contributed by atoms with Gasteiger partial charge in [-0.2, -0.15) is 0 Å². The van der Waals surface area contributed by atoms with E-state index in [1.807, 2.05) is 0 Å². The molecule has 0 aromatic carbocycles. The maximum Gasteiger partial charge on any atom is 0.574 e. The van der Waals surface area contributed by atoms with Crippen molar-refractivity contribution < 1.29 is 26.3 Å². The Hall–Kier alpha value is -0.740. The fourth-order valence-electron chi connectivity index (χ4n) is 0.921. The van der Waals surface area contributed by atoms with Crippen LogP contribution >= 0.6 is 26.6 Å². The topological polar surface area (TPSA) is 82.3 Å². The van der Waals surface area contributed by atoms with Gasteiger partial charge in [0.1, 0.15) is 4.60 Å². The molecule has 5 nitrogen and oxygen atoms in total. The molecule has 96 valence electrons. The molecule has 0 saturated heterocycles. The standard InChI is InChI=1S/C6H3BrClF3N2O3S/c7-3-1-2(12)4(17(8,14)15)5(13-3)16-6(9,10)11/h1H,(H2,12,13). The molecule has 0 aliphatic carbocycles. The molecule has 1 aromatic heterocycles. The summed E-state index contributed by atoms with van der Waals surface area (Å²) >= 11 is 2.75. The van der Waals surface area contributed by atoms with Crippen molar-refractivity contribution in [1.82, 2.24) is 4.98 Å². The zero-order valence-corrected chi connectivity index (χ0v) is 10.8. The van der Waals surface area contributed by atoms with E-state index in [2.05, 4.69) is 25.7 Å². The van der Waals surface area contributed by atoms with E-state index in [9.17, 15) is 21.6 Å². The SMILES string of the molecule is Nc1cc(Br)nc(OC(F)(F)F)c1S(=O)(=O)Cl. The maximum atomic E-state index is 12.0. The van der Waals surface area contributed by atoms with Gasteiger partial charge in [-0.25, -0.2) is 13.4 Å². The zero-order chi connectivity index (χ0) is 13.4. The normalized spacial score (nSPS) is 12.5. The molecule has 1 heterocycles. The third kappa shape index (κ3) is 3.89. The second-order valence-electron chi connectivity index (χ2n) is 2.65. The number of ether oxygens (including phenoxy) is 1. The molecule has 0 saturated carbocycles. The minimum atomic E-state index is -5.11. The molecule has 0 bridgehead atoms. The number of pyridine rings is 1. The van der Waals surface area contributed by atoms with Crippen LogP contribution in [0.4, 0.5) is 18.9 Å². The third-order valence-electron chi connectivity index (χ3n) is 1.40. The molecule has 0 atom stereocenters. The summed E-state index contributed by atoms with van der Waals surface area (Å²) < 4.78 is 61.5. The average Bonchev–Trinajstić information content (AvgIpc) is 1.94. The van der Waals surface area contributed by atoms with E-state index in [4.69, 9.17) is 16.4 Å². The highest BCUT2D eigenvalue weighted by Gasteiger charge is 2.36. The molecule has 0 aliphatic rings. The van der Waals surface area contributed by atoms with Crippen LogP contribution in [0.5, 0.6) is 5.88 Å². The first kappa shape index (κ1) is 14.3. The third-order valence-corrected chi connectivity index (χ3v) is 3.16. The first-order valence-electron chi connectivity index (χ1n) is 3.67. The number of hydrogen-bond donors (Lipinski definition) is 1. The van der Waals surface area contributed by atoms with Gasteiger partial charge in [0.2, 0.25) is 5.88 Å². The fourth-order valence-corrected chi connectivity index (χ4v) is 2.43. The van der Waals surface area contributed by atoms with Crippen molar-refractivity contribution in [2.75, 3.05) is 5.73 Å². The molecule has 0 spiro atoms. The lowest BCUT2D eigenvalue weighted by atomic mass is 10.4. The summed E-state index contributed by atoms with van der Waals surface area (Å²) in [6.07, 6.45) is -5.11. The van der Waals surface area contributed by atoms with Crippen molar-refractivity contribution in [2.24, 2.45) is 0 Å². The summed E-state index contributed by atoms with van der Waals surface area (Å²) in [6, 6.07) is 0.985. The van der Waals surface area contributed by atoms with Gasteiger partial charge in [0.05, 0.1) is 5.69 Å². The van der Waals surface area contributed by atoms with Crippen molar-refractivity contribution in [1.29, 1.82) is 0 Å². The van der Waals surface area contributed by atoms with Crippen molar-refractivity contribution >= 4 is 41.4 Å². The summed E-state index contributed by atoms with van der Waals surface area (Å²) in [5.74, 6) is -1.24. The quantitative estimate of drug-likeness (QED) is 0.650. The molecule has 0 radical (unpaired) electrons. The first-order chi connectivity index (χ1) is 7.50. The number of anilines is 1. The summed E-state index contributed by atoms with van der Waals surface area (Å²) in [4.78, 5) is 2.19. The van der Waals surface area contributed by atoms with Gasteiger partial charge < -0.3 is 10.5 Å². The lowest BCUT2D eigenvalue weighted by Gasteiger charge is -2.12. The van der Waals surface area contributed by atoms with E-state index < -0.39 is 31.9 Å². The number of halogens is 5. The van der Waals surface area contributed by atoms with Crippen molar-refractivity contribution in [3.8, 4) is 5.88 Å². The summed E-state index contributed by atoms with van der Waals surface area (Å²) in [5, 5.41) is 0. The second-order valence-corrected chi connectivity index (χ2v) is 5.97. The van der Waals surface area contributed by atoms with E-state index in [-0.39, 0.29) is 4.60 Å². The van der Waals surface area contributed by atoms with Crippen LogP contribution < -0.4 is 10.5 Å². The Morgan fingerprint density at radius 1 is 1.47 bits per heavy atom. The lowest BCUT2D eigenvalue weighted by molar-refractivity contribution is -0.277. The van der Waals surface area contributed by atoms with Crippen molar-refractivity contribution in [3.63, 3.8) is 0 Å². The smallest absolute Gasteiger partial charge is 0.397 e. The fraction of sp³-hybridized carbons (Fsp3) is 0.167. The van der Waals surface area contributed by atoms with Crippen LogP contribution in [0.1, 0.15) is 0 Å². The molecule has 0 aliphatic heterocycles. The molecule has 17 heavy (non-hydrogen) atoms. The maximum absolute atomic E-state index is 12.0. The molecular weight excluding hydrogens is 352 g/mol. The van der Waals surface area contributed by atoms with Crippen LogP contribution in [-0.2, 0) is 9.05 Å². The van der Waals surface area contributed by atoms with Gasteiger partial charge in [-0.05, 0) is 22.0 Å². The molecular formula is C6H3BrClF3N2O3S. The number of aromatic nitrogens is 1. The highest BCUT2D eigenvalue weighted by atomic mass is 79.9. The predicted molar refractivity (Wildman–Crippen MR) is 56.1 cm³/mol. The van der Waals surface area contributed by atoms with E-state index in [1.165, 1.54) is 0 Å². The van der Waals surface area contributed by atoms with Gasteiger partial charge in [-0.1, -0.05) is 0 Å². The minimum Gasteiger partial charge on any atom is -0.397 e. The number of nitrogens with two attached hydrogens (primary N) is 1. The Morgan fingerprint density at radius 2 is 2.00 bits per heavy atom. The molecule has 1 aromatic rings. The Kier molecular flexibility index (Phi) is 3.79. The zero-order valence-electron chi connectivity index (χ0n) is 7.62. The van der Waals surface area contributed by atoms with E-state index in [0.717, 1.165) is 6.07 Å². The van der Waals surface area contributed by atoms with Crippen LogP contribution in [-0.4, -0.2) is 19.8 Å². The molecule has 1 rings (SSSR count). The molecule has 0 fully saturated rings. The molecule has 0 unspecified atom stereocenters. The Balaban J connectivity index is 3.47. The molecule has 2 N–H and O–H groups in total. The molecule has 0 amide bonds. The van der Waals surface area contributed by atoms with Crippen LogP contribution in [0.15, 0.2) is 15.6 Å². The first-order valence-corrected chi connectivity index (χ1v) is 6.77. The number of alkyl halides is 3. The largest absolute Gasteiger partial charge is 0.574 e. The van der Waals surface area contributed by atoms with Crippen LogP contribution in [0, 0.1) is 0 Å². The van der Waals surface area contributed by atoms with E-state index in [1.54, 1.807) is 0 Å². The van der Waals surface area contributed by atoms with Crippen molar-refractivity contribution in [3.05, 3.63) is 10.7 Å². The van der Waals surface area contributed by atoms with E-state index in [0.29, 0.717) is 0 Å². The summed E-state index contributed by atoms with van der Waals surface area (Å²) in [6.45, 7) is 0. The monoisotopic (exact) mass is 354 g/mol. The van der Waals surface area contributed by atoms with Gasteiger partial charge in [0.15, 0.2) is 4.90 Å². The number of hydrogen-bond acceptors (Lipinski definition) is 5. The predicted octanol–water partition coefficient (Wildman–Crippen LogP) is 2.25. The number of nitrogens with zero attached hydrogens (tertiary/aromatic N) is 1. The number of rotatable bonds is 2. The van der Waals surface area contributed by atoms with E-state index >= 15 is 0 Å². The average molecular weight is 356 g/mol. The van der Waals surface area contributed by atoms with Gasteiger partial charge in [0, 0.05) is 10.7 Å². The van der Waals surface area contributed by atoms with Gasteiger partial charge in [0.25, 0.3) is 9.05 Å². The van der Waals surface area contributed by atoms with Crippen molar-refractivity contribution in [2.45, 2.75) is 11.3 Å². The molecule has 11 heteroatoms. The Bertz CT molecular complexity index is 548. The Labute approximate surface area is 106 Å². The summed E-state index contributed by atoms with van der Waals surface area (Å²) in [5.41, 5.74) is 4.73. The minimum absolute atomic E-state index is 0.127. The van der Waals surface area contributed by atoms with Gasteiger partial charge in [-0.15, -0.1) is 13.2 Å². The second kappa shape index (κ2) is 4.50.